The summed E-state index contributed by atoms with van der Waals surface area (Å²) in [5.41, 5.74) is 2.99. The molecule has 0 fully saturated rings. The van der Waals surface area contributed by atoms with Gasteiger partial charge in [-0.2, -0.15) is 20.5 Å². The molecule has 5 aromatic carbocycles. The molecular weight excluding hydrogens is 994 g/mol. The van der Waals surface area contributed by atoms with Gasteiger partial charge in [0.2, 0.25) is 12.1 Å². The number of amides is 4. The minimum absolute atomic E-state index is 0.00511. The van der Waals surface area contributed by atoms with Crippen molar-refractivity contribution in [1.29, 1.82) is 0 Å². The van der Waals surface area contributed by atoms with Crippen LogP contribution in [0.2, 0.25) is 10.0 Å². The Labute approximate surface area is 422 Å². The zero-order valence-electron chi connectivity index (χ0n) is 37.8. The standard InChI is InChI=1S/C48H45Cl5N8O8/c1-24(50)30-11-7-17-37(43(30)68-5)56-45(64)32-13-9-15-35(39(32)52)58-60-41(26(3)62)47(66)54-29-19-20-34(28(23-29)21-22-49)55-48(67)42(27(4)63)61-59-36-16-10-14-33(40(36)53)46(65)57-38-18-8-12-31(25(2)51)44(38)69-6/h7-20,23-25,41-42H,21-22H2,1-6H3,(H,54,66)(H,55,67)(H,56,64)(H,57,65). The van der Waals surface area contributed by atoms with Crippen LogP contribution in [0.4, 0.5) is 34.1 Å². The molecule has 69 heavy (non-hydrogen) atoms. The fraction of sp³-hybridized carbons (Fsp3) is 0.250. The molecule has 0 bridgehead atoms. The Hall–Kier alpha value is -6.43. The van der Waals surface area contributed by atoms with E-state index in [9.17, 15) is 28.8 Å². The quantitative estimate of drug-likeness (QED) is 0.0333. The Morgan fingerprint density at radius 3 is 1.42 bits per heavy atom. The Balaban J connectivity index is 1.29. The highest BCUT2D eigenvalue weighted by molar-refractivity contribution is 6.37. The van der Waals surface area contributed by atoms with Gasteiger partial charge in [0.25, 0.3) is 23.6 Å². The molecule has 0 aromatic heterocycles. The molecule has 4 unspecified atom stereocenters. The third-order valence-electron chi connectivity index (χ3n) is 10.1. The normalized spacial score (nSPS) is 13.0. The molecule has 0 aliphatic rings. The van der Waals surface area contributed by atoms with Crippen molar-refractivity contribution in [1.82, 2.24) is 0 Å². The van der Waals surface area contributed by atoms with Crippen LogP contribution < -0.4 is 30.7 Å². The first-order chi connectivity index (χ1) is 32.9. The van der Waals surface area contributed by atoms with E-state index in [-0.39, 0.29) is 56.2 Å². The second-order valence-corrected chi connectivity index (χ2v) is 17.5. The molecule has 0 heterocycles. The summed E-state index contributed by atoms with van der Waals surface area (Å²) in [7, 11) is 2.91. The Morgan fingerprint density at radius 1 is 0.580 bits per heavy atom. The number of anilines is 4. The maximum absolute atomic E-state index is 13.6. The predicted molar refractivity (Wildman–Crippen MR) is 269 cm³/mol. The number of carbonyl (C=O) groups excluding carboxylic acids is 6. The van der Waals surface area contributed by atoms with Gasteiger partial charge in [-0.25, -0.2) is 0 Å². The van der Waals surface area contributed by atoms with Gasteiger partial charge in [-0.1, -0.05) is 59.6 Å². The lowest BCUT2D eigenvalue weighted by Crippen LogP contribution is -2.32. The third kappa shape index (κ3) is 13.4. The number of Topliss-reactive ketones (excluding diaryl/α,β-unsaturated/α-hetero) is 2. The van der Waals surface area contributed by atoms with Crippen molar-refractivity contribution < 1.29 is 38.2 Å². The largest absolute Gasteiger partial charge is 0.494 e. The molecule has 0 spiro atoms. The topological polar surface area (TPSA) is 218 Å². The second kappa shape index (κ2) is 24.7. The SMILES string of the molecule is COc1c(NC(=O)c2cccc(N=NC(C(C)=O)C(=O)Nc3ccc(NC(=O)C(N=Nc4cccc(C(=O)Nc5cccc(C(C)Cl)c5OC)c4Cl)C(C)=O)c(CCCl)c3)c2Cl)cccc1C(C)Cl. The van der Waals surface area contributed by atoms with E-state index in [0.29, 0.717) is 39.6 Å². The number of para-hydroxylation sites is 2. The molecule has 0 aliphatic heterocycles. The van der Waals surface area contributed by atoms with Gasteiger partial charge in [-0.15, -0.1) is 34.8 Å². The summed E-state index contributed by atoms with van der Waals surface area (Å²) in [5.74, 6) is -3.36. The minimum Gasteiger partial charge on any atom is -0.494 e. The fourth-order valence-electron chi connectivity index (χ4n) is 6.70. The first-order valence-corrected chi connectivity index (χ1v) is 23.0. The number of ether oxygens (including phenoxy) is 2. The first kappa shape index (κ1) is 53.5. The van der Waals surface area contributed by atoms with Gasteiger partial charge in [0, 0.05) is 28.4 Å². The molecule has 360 valence electrons. The summed E-state index contributed by atoms with van der Waals surface area (Å²) in [4.78, 5) is 79.2. The molecule has 4 amide bonds. The molecule has 0 radical (unpaired) electrons. The number of nitrogens with zero attached hydrogens (tertiary/aromatic N) is 4. The molecule has 5 rings (SSSR count). The number of ketones is 2. The third-order valence-corrected chi connectivity index (χ3v) is 11.6. The summed E-state index contributed by atoms with van der Waals surface area (Å²) in [6, 6.07) is 20.3. The Kier molecular flexibility index (Phi) is 19.2. The van der Waals surface area contributed by atoms with E-state index >= 15 is 0 Å². The van der Waals surface area contributed by atoms with Gasteiger partial charge in [0.05, 0.1) is 57.5 Å². The summed E-state index contributed by atoms with van der Waals surface area (Å²) >= 11 is 31.9. The summed E-state index contributed by atoms with van der Waals surface area (Å²) in [6.45, 7) is 5.84. The average molecular weight is 1040 g/mol. The number of rotatable bonds is 20. The summed E-state index contributed by atoms with van der Waals surface area (Å²) in [5, 5.41) is 25.9. The lowest BCUT2D eigenvalue weighted by Gasteiger charge is -2.16. The van der Waals surface area contributed by atoms with Gasteiger partial charge in [0.15, 0.2) is 11.6 Å². The second-order valence-electron chi connectivity index (χ2n) is 15.0. The van der Waals surface area contributed by atoms with Crippen LogP contribution in [0.15, 0.2) is 111 Å². The van der Waals surface area contributed by atoms with Crippen LogP contribution in [0.3, 0.4) is 0 Å². The Morgan fingerprint density at radius 2 is 1.01 bits per heavy atom. The molecule has 16 nitrogen and oxygen atoms in total. The van der Waals surface area contributed by atoms with E-state index in [0.717, 1.165) is 13.8 Å². The average Bonchev–Trinajstić information content (AvgIpc) is 3.30. The van der Waals surface area contributed by atoms with Gasteiger partial charge in [-0.3, -0.25) is 28.8 Å². The van der Waals surface area contributed by atoms with Gasteiger partial charge < -0.3 is 30.7 Å². The maximum Gasteiger partial charge on any atom is 0.258 e. The highest BCUT2D eigenvalue weighted by Gasteiger charge is 2.27. The van der Waals surface area contributed by atoms with Crippen LogP contribution in [0, 0.1) is 0 Å². The van der Waals surface area contributed by atoms with Gasteiger partial charge >= 0.3 is 0 Å². The van der Waals surface area contributed by atoms with Crippen LogP contribution in [0.25, 0.3) is 0 Å². The number of hydrogen-bond acceptors (Lipinski definition) is 12. The number of benzene rings is 5. The molecule has 4 N–H and O–H groups in total. The molecule has 0 saturated heterocycles. The van der Waals surface area contributed by atoms with Crippen molar-refractivity contribution in [2.75, 3.05) is 41.4 Å². The number of halogens is 5. The number of nitrogens with one attached hydrogen (secondary N) is 4. The van der Waals surface area contributed by atoms with Gasteiger partial charge in [-0.05, 0) is 94.3 Å². The number of hydrogen-bond donors (Lipinski definition) is 4. The van der Waals surface area contributed by atoms with E-state index in [1.165, 1.54) is 68.8 Å². The van der Waals surface area contributed by atoms with Crippen molar-refractivity contribution in [2.45, 2.75) is 57.0 Å². The van der Waals surface area contributed by atoms with E-state index in [2.05, 4.69) is 41.7 Å². The van der Waals surface area contributed by atoms with Crippen LogP contribution in [0.5, 0.6) is 11.5 Å². The predicted octanol–water partition coefficient (Wildman–Crippen LogP) is 12.3. The highest BCUT2D eigenvalue weighted by Crippen LogP contribution is 2.38. The number of aryl methyl sites for hydroxylation is 1. The van der Waals surface area contributed by atoms with Crippen LogP contribution in [0.1, 0.15) is 75.9 Å². The van der Waals surface area contributed by atoms with Crippen molar-refractivity contribution in [3.8, 4) is 11.5 Å². The van der Waals surface area contributed by atoms with E-state index in [1.807, 2.05) is 0 Å². The molecular formula is C48H45Cl5N8O8. The van der Waals surface area contributed by atoms with Crippen molar-refractivity contribution in [2.24, 2.45) is 20.5 Å². The molecule has 0 saturated carbocycles. The molecule has 4 atom stereocenters. The lowest BCUT2D eigenvalue weighted by atomic mass is 10.1. The molecule has 21 heteroatoms. The zero-order chi connectivity index (χ0) is 50.5. The lowest BCUT2D eigenvalue weighted by molar-refractivity contribution is -0.127. The zero-order valence-corrected chi connectivity index (χ0v) is 41.6. The number of alkyl halides is 3. The monoisotopic (exact) mass is 1040 g/mol. The number of carbonyl (C=O) groups is 6. The van der Waals surface area contributed by atoms with E-state index in [4.69, 9.17) is 67.5 Å². The fourth-order valence-corrected chi connectivity index (χ4v) is 7.75. The summed E-state index contributed by atoms with van der Waals surface area (Å²) in [6.07, 6.45) is 0.195. The maximum atomic E-state index is 13.6. The number of methoxy groups -OCH3 is 2. The number of azo groups is 2. The molecule has 5 aromatic rings. The van der Waals surface area contributed by atoms with Crippen molar-refractivity contribution >= 4 is 127 Å². The first-order valence-electron chi connectivity index (χ1n) is 20.8. The van der Waals surface area contributed by atoms with Crippen LogP contribution in [-0.2, 0) is 25.6 Å². The van der Waals surface area contributed by atoms with Crippen molar-refractivity contribution in [3.05, 3.63) is 129 Å². The van der Waals surface area contributed by atoms with Gasteiger partial charge in [0.1, 0.15) is 22.9 Å². The smallest absolute Gasteiger partial charge is 0.258 e. The highest BCUT2D eigenvalue weighted by atomic mass is 35.5. The Bertz CT molecular complexity index is 2840. The summed E-state index contributed by atoms with van der Waals surface area (Å²) < 4.78 is 11.0. The minimum atomic E-state index is -1.64. The van der Waals surface area contributed by atoms with Crippen LogP contribution >= 0.6 is 58.0 Å². The van der Waals surface area contributed by atoms with E-state index < -0.39 is 58.0 Å². The van der Waals surface area contributed by atoms with Crippen molar-refractivity contribution in [3.63, 3.8) is 0 Å². The van der Waals surface area contributed by atoms with Crippen LogP contribution in [-0.4, -0.2) is 67.4 Å². The molecule has 0 aliphatic carbocycles. The van der Waals surface area contributed by atoms with E-state index in [1.54, 1.807) is 50.2 Å².